The number of aryl methyl sites for hydroxylation is 1. The standard InChI is InChI=1S/C30H32ClNO7/c1-6-8-26(33)38-30-29(34)32(17-19-11-13-21(35-3)16-25(19)36-4)24-14-12-20(31)15-23(24)28(39-30)22-10-7-9-18(2)27(22)37-5/h7,9-16,28,30H,6,8,17H2,1-5H3. The number of amides is 1. The van der Waals surface area contributed by atoms with Crippen LogP contribution in [0.3, 0.4) is 0 Å². The zero-order valence-electron chi connectivity index (χ0n) is 22.7. The van der Waals surface area contributed by atoms with Crippen molar-refractivity contribution in [3.63, 3.8) is 0 Å². The number of rotatable bonds is 9. The zero-order chi connectivity index (χ0) is 28.1. The smallest absolute Gasteiger partial charge is 0.308 e. The Labute approximate surface area is 233 Å². The highest BCUT2D eigenvalue weighted by atomic mass is 35.5. The number of nitrogens with zero attached hydrogens (tertiary/aromatic N) is 1. The summed E-state index contributed by atoms with van der Waals surface area (Å²) in [5.41, 5.74) is 3.47. The van der Waals surface area contributed by atoms with E-state index in [1.807, 2.05) is 38.1 Å². The monoisotopic (exact) mass is 553 g/mol. The lowest BCUT2D eigenvalue weighted by atomic mass is 9.96. The number of para-hydroxylation sites is 1. The molecule has 3 aromatic carbocycles. The number of carbonyl (C=O) groups is 2. The second-order valence-corrected chi connectivity index (χ2v) is 9.53. The number of halogens is 1. The maximum absolute atomic E-state index is 14.1. The maximum Gasteiger partial charge on any atom is 0.308 e. The number of anilines is 1. The van der Waals surface area contributed by atoms with Crippen LogP contribution in [-0.4, -0.2) is 39.5 Å². The predicted octanol–water partition coefficient (Wildman–Crippen LogP) is 6.00. The summed E-state index contributed by atoms with van der Waals surface area (Å²) in [5, 5.41) is 0.463. The van der Waals surface area contributed by atoms with Crippen LogP contribution in [0, 0.1) is 6.92 Å². The molecule has 3 aromatic rings. The number of methoxy groups -OCH3 is 3. The van der Waals surface area contributed by atoms with Gasteiger partial charge in [0.2, 0.25) is 0 Å². The molecule has 0 fully saturated rings. The van der Waals surface area contributed by atoms with Crippen LogP contribution < -0.4 is 19.1 Å². The van der Waals surface area contributed by atoms with E-state index < -0.39 is 24.3 Å². The Balaban J connectivity index is 1.89. The van der Waals surface area contributed by atoms with E-state index >= 15 is 0 Å². The highest BCUT2D eigenvalue weighted by molar-refractivity contribution is 6.30. The molecule has 0 aliphatic carbocycles. The van der Waals surface area contributed by atoms with Crippen molar-refractivity contribution in [3.05, 3.63) is 81.9 Å². The molecule has 1 amide bonds. The highest BCUT2D eigenvalue weighted by Crippen LogP contribution is 2.44. The third-order valence-corrected chi connectivity index (χ3v) is 6.77. The molecule has 0 bridgehead atoms. The summed E-state index contributed by atoms with van der Waals surface area (Å²) in [4.78, 5) is 28.2. The van der Waals surface area contributed by atoms with Gasteiger partial charge in [-0.3, -0.25) is 9.59 Å². The first-order chi connectivity index (χ1) is 18.8. The van der Waals surface area contributed by atoms with Gasteiger partial charge in [0.25, 0.3) is 12.2 Å². The number of hydrogen-bond donors (Lipinski definition) is 0. The fourth-order valence-corrected chi connectivity index (χ4v) is 4.84. The van der Waals surface area contributed by atoms with Crippen LogP contribution in [0.4, 0.5) is 5.69 Å². The fraction of sp³-hybridized carbons (Fsp3) is 0.333. The van der Waals surface area contributed by atoms with Gasteiger partial charge in [0.1, 0.15) is 23.4 Å². The zero-order valence-corrected chi connectivity index (χ0v) is 23.4. The average molecular weight is 554 g/mol. The summed E-state index contributed by atoms with van der Waals surface area (Å²) in [6.07, 6.45) is -1.61. The van der Waals surface area contributed by atoms with E-state index in [1.54, 1.807) is 51.7 Å². The van der Waals surface area contributed by atoms with Crippen LogP contribution in [0.25, 0.3) is 0 Å². The lowest BCUT2D eigenvalue weighted by molar-refractivity contribution is -0.190. The Morgan fingerprint density at radius 2 is 1.79 bits per heavy atom. The van der Waals surface area contributed by atoms with Crippen LogP contribution in [0.15, 0.2) is 54.6 Å². The van der Waals surface area contributed by atoms with Crippen molar-refractivity contribution in [2.24, 2.45) is 0 Å². The number of hydrogen-bond acceptors (Lipinski definition) is 7. The second-order valence-electron chi connectivity index (χ2n) is 9.09. The molecule has 0 aromatic heterocycles. The minimum absolute atomic E-state index is 0.115. The van der Waals surface area contributed by atoms with Crippen molar-refractivity contribution >= 4 is 29.2 Å². The second kappa shape index (κ2) is 12.4. The van der Waals surface area contributed by atoms with Gasteiger partial charge in [-0.05, 0) is 49.2 Å². The normalized spacial score (nSPS) is 16.8. The van der Waals surface area contributed by atoms with Gasteiger partial charge in [0.15, 0.2) is 0 Å². The highest BCUT2D eigenvalue weighted by Gasteiger charge is 2.40. The van der Waals surface area contributed by atoms with Crippen molar-refractivity contribution in [2.45, 2.75) is 45.6 Å². The lowest BCUT2D eigenvalue weighted by Gasteiger charge is -2.26. The molecule has 0 radical (unpaired) electrons. The van der Waals surface area contributed by atoms with Gasteiger partial charge in [-0.25, -0.2) is 0 Å². The molecule has 206 valence electrons. The number of fused-ring (bicyclic) bond motifs is 1. The van der Waals surface area contributed by atoms with Crippen LogP contribution in [-0.2, 0) is 25.6 Å². The molecule has 39 heavy (non-hydrogen) atoms. The minimum Gasteiger partial charge on any atom is -0.497 e. The molecule has 0 spiro atoms. The van der Waals surface area contributed by atoms with Crippen LogP contribution >= 0.6 is 11.6 Å². The summed E-state index contributed by atoms with van der Waals surface area (Å²) in [6.45, 7) is 3.89. The van der Waals surface area contributed by atoms with E-state index in [4.69, 9.17) is 35.3 Å². The van der Waals surface area contributed by atoms with E-state index in [0.29, 0.717) is 45.5 Å². The molecular weight excluding hydrogens is 522 g/mol. The first-order valence-electron chi connectivity index (χ1n) is 12.6. The van der Waals surface area contributed by atoms with Crippen molar-refractivity contribution in [2.75, 3.05) is 26.2 Å². The molecule has 2 unspecified atom stereocenters. The lowest BCUT2D eigenvalue weighted by Crippen LogP contribution is -2.41. The Morgan fingerprint density at radius 3 is 2.49 bits per heavy atom. The summed E-state index contributed by atoms with van der Waals surface area (Å²) < 4.78 is 28.6. The Morgan fingerprint density at radius 1 is 1.00 bits per heavy atom. The number of ether oxygens (including phenoxy) is 5. The fourth-order valence-electron chi connectivity index (χ4n) is 4.66. The van der Waals surface area contributed by atoms with Crippen molar-refractivity contribution in [3.8, 4) is 17.2 Å². The Kier molecular flexibility index (Phi) is 8.99. The van der Waals surface area contributed by atoms with E-state index in [-0.39, 0.29) is 13.0 Å². The number of esters is 1. The molecule has 9 heteroatoms. The van der Waals surface area contributed by atoms with Gasteiger partial charge in [-0.2, -0.15) is 0 Å². The van der Waals surface area contributed by atoms with E-state index in [0.717, 1.165) is 11.1 Å². The SMILES string of the molecule is CCCC(=O)OC1OC(c2cccc(C)c2OC)c2cc(Cl)ccc2N(Cc2ccc(OC)cc2OC)C1=O. The molecule has 1 aliphatic rings. The van der Waals surface area contributed by atoms with Crippen LogP contribution in [0.2, 0.25) is 5.02 Å². The van der Waals surface area contributed by atoms with Gasteiger partial charge < -0.3 is 28.6 Å². The van der Waals surface area contributed by atoms with Gasteiger partial charge in [-0.1, -0.05) is 36.7 Å². The molecular formula is C30H32ClNO7. The Bertz CT molecular complexity index is 1360. The molecule has 0 saturated carbocycles. The van der Waals surface area contributed by atoms with Gasteiger partial charge >= 0.3 is 5.97 Å². The van der Waals surface area contributed by atoms with Crippen LogP contribution in [0.5, 0.6) is 17.2 Å². The van der Waals surface area contributed by atoms with Crippen LogP contribution in [0.1, 0.15) is 48.1 Å². The molecule has 4 rings (SSSR count). The summed E-state index contributed by atoms with van der Waals surface area (Å²) >= 11 is 6.47. The number of benzene rings is 3. The first kappa shape index (κ1) is 28.3. The Hall–Kier alpha value is -3.75. The molecule has 0 N–H and O–H groups in total. The third-order valence-electron chi connectivity index (χ3n) is 6.53. The largest absolute Gasteiger partial charge is 0.497 e. The average Bonchev–Trinajstić information content (AvgIpc) is 3.03. The van der Waals surface area contributed by atoms with Crippen molar-refractivity contribution in [1.29, 1.82) is 0 Å². The summed E-state index contributed by atoms with van der Waals surface area (Å²) in [6, 6.07) is 16.2. The van der Waals surface area contributed by atoms with Gasteiger partial charge in [0, 0.05) is 34.2 Å². The van der Waals surface area contributed by atoms with Gasteiger partial charge in [-0.15, -0.1) is 0 Å². The van der Waals surface area contributed by atoms with Crippen molar-refractivity contribution in [1.82, 2.24) is 0 Å². The van der Waals surface area contributed by atoms with E-state index in [9.17, 15) is 9.59 Å². The molecule has 1 heterocycles. The molecule has 2 atom stereocenters. The first-order valence-corrected chi connectivity index (χ1v) is 13.0. The number of carbonyl (C=O) groups excluding carboxylic acids is 2. The minimum atomic E-state index is -1.50. The van der Waals surface area contributed by atoms with Crippen molar-refractivity contribution < 1.29 is 33.3 Å². The predicted molar refractivity (Wildman–Crippen MR) is 148 cm³/mol. The maximum atomic E-state index is 14.1. The van der Waals surface area contributed by atoms with Gasteiger partial charge in [0.05, 0.1) is 33.6 Å². The molecule has 8 nitrogen and oxygen atoms in total. The quantitative estimate of drug-likeness (QED) is 0.301. The topological polar surface area (TPSA) is 83.5 Å². The third kappa shape index (κ3) is 5.97. The van der Waals surface area contributed by atoms with E-state index in [2.05, 4.69) is 0 Å². The summed E-state index contributed by atoms with van der Waals surface area (Å²) in [7, 11) is 4.70. The summed E-state index contributed by atoms with van der Waals surface area (Å²) in [5.74, 6) is 0.696. The molecule has 1 aliphatic heterocycles. The molecule has 0 saturated heterocycles. The van der Waals surface area contributed by atoms with E-state index in [1.165, 1.54) is 4.90 Å².